The summed E-state index contributed by atoms with van der Waals surface area (Å²) in [6.07, 6.45) is 0.730. The molecule has 0 fully saturated rings. The van der Waals surface area contributed by atoms with Crippen LogP contribution < -0.4 is 4.90 Å². The number of carbonyl (C=O) groups excluding carboxylic acids is 1. The molecule has 0 saturated heterocycles. The van der Waals surface area contributed by atoms with E-state index in [-0.39, 0.29) is 19.1 Å². The average Bonchev–Trinajstić information content (AvgIpc) is 2.79. The lowest BCUT2D eigenvalue weighted by Crippen LogP contribution is -2.30. The van der Waals surface area contributed by atoms with Crippen LogP contribution in [0.3, 0.4) is 0 Å². The van der Waals surface area contributed by atoms with Gasteiger partial charge in [-0.25, -0.2) is 0 Å². The molecule has 1 aliphatic rings. The molecule has 1 amide bonds. The van der Waals surface area contributed by atoms with Crippen LogP contribution in [0.25, 0.3) is 10.4 Å². The molecule has 1 aromatic carbocycles. The highest BCUT2D eigenvalue weighted by Crippen LogP contribution is 2.30. The van der Waals surface area contributed by atoms with Gasteiger partial charge in [-0.2, -0.15) is 0 Å². The van der Waals surface area contributed by atoms with Crippen molar-refractivity contribution in [2.75, 3.05) is 18.0 Å². The van der Waals surface area contributed by atoms with Crippen LogP contribution in [0.4, 0.5) is 5.69 Å². The normalized spacial score (nSPS) is 13.1. The fraction of sp³-hybridized carbons (Fsp3) is 0.364. The van der Waals surface area contributed by atoms with Gasteiger partial charge in [0.05, 0.1) is 6.61 Å². The van der Waals surface area contributed by atoms with Gasteiger partial charge >= 0.3 is 0 Å². The smallest absolute Gasteiger partial charge is 0.232 e. The van der Waals surface area contributed by atoms with Crippen LogP contribution in [0.5, 0.6) is 0 Å². The van der Waals surface area contributed by atoms with E-state index in [9.17, 15) is 9.90 Å². The lowest BCUT2D eigenvalue weighted by atomic mass is 10.1. The molecule has 1 aromatic rings. The van der Waals surface area contributed by atoms with Gasteiger partial charge in [0.1, 0.15) is 6.54 Å². The Hall–Kier alpha value is -2.04. The number of hydrogen-bond donors (Lipinski definition) is 1. The zero-order valence-corrected chi connectivity index (χ0v) is 9.20. The lowest BCUT2D eigenvalue weighted by Gasteiger charge is -2.16. The Morgan fingerprint density at radius 1 is 1.59 bits per heavy atom. The van der Waals surface area contributed by atoms with Crippen LogP contribution in [-0.4, -0.2) is 24.1 Å². The molecule has 0 saturated carbocycles. The molecule has 0 bridgehead atoms. The zero-order chi connectivity index (χ0) is 12.3. The van der Waals surface area contributed by atoms with Crippen LogP contribution in [0.15, 0.2) is 23.3 Å². The molecule has 0 unspecified atom stereocenters. The fourth-order valence-corrected chi connectivity index (χ4v) is 2.09. The van der Waals surface area contributed by atoms with E-state index in [1.807, 2.05) is 18.2 Å². The Morgan fingerprint density at radius 2 is 2.41 bits per heavy atom. The summed E-state index contributed by atoms with van der Waals surface area (Å²) in [6, 6.07) is 5.50. The van der Waals surface area contributed by atoms with Crippen molar-refractivity contribution in [2.24, 2.45) is 5.11 Å². The van der Waals surface area contributed by atoms with Gasteiger partial charge in [0.25, 0.3) is 0 Å². The molecule has 1 heterocycles. The van der Waals surface area contributed by atoms with Gasteiger partial charge < -0.3 is 10.0 Å². The van der Waals surface area contributed by atoms with Crippen molar-refractivity contribution in [1.82, 2.24) is 0 Å². The van der Waals surface area contributed by atoms with Crippen LogP contribution in [0.2, 0.25) is 0 Å². The van der Waals surface area contributed by atoms with Gasteiger partial charge in [-0.05, 0) is 29.1 Å². The van der Waals surface area contributed by atoms with Gasteiger partial charge in [0, 0.05) is 17.1 Å². The number of azide groups is 1. The highest BCUT2D eigenvalue weighted by atomic mass is 16.3. The van der Waals surface area contributed by atoms with Crippen molar-refractivity contribution in [3.8, 4) is 0 Å². The van der Waals surface area contributed by atoms with Crippen molar-refractivity contribution in [2.45, 2.75) is 13.0 Å². The number of anilines is 1. The number of rotatable bonds is 3. The summed E-state index contributed by atoms with van der Waals surface area (Å²) in [5.41, 5.74) is 10.9. The summed E-state index contributed by atoms with van der Waals surface area (Å²) in [7, 11) is 0. The van der Waals surface area contributed by atoms with E-state index >= 15 is 0 Å². The summed E-state index contributed by atoms with van der Waals surface area (Å²) in [5, 5.41) is 12.5. The second kappa shape index (κ2) is 4.86. The molecule has 1 aliphatic heterocycles. The Balaban J connectivity index is 2.28. The van der Waals surface area contributed by atoms with Crippen molar-refractivity contribution in [3.05, 3.63) is 39.8 Å². The van der Waals surface area contributed by atoms with Gasteiger partial charge in [0.15, 0.2) is 0 Å². The number of carbonyl (C=O) groups is 1. The fourth-order valence-electron chi connectivity index (χ4n) is 2.09. The molecule has 0 aromatic heterocycles. The first-order valence-electron chi connectivity index (χ1n) is 5.30. The maximum atomic E-state index is 11.8. The van der Waals surface area contributed by atoms with Crippen LogP contribution in [0, 0.1) is 0 Å². The molecule has 6 nitrogen and oxygen atoms in total. The third-order valence-corrected chi connectivity index (χ3v) is 2.87. The molecule has 2 rings (SSSR count). The molecule has 1 N–H and O–H groups in total. The number of aliphatic hydroxyl groups is 1. The van der Waals surface area contributed by atoms with E-state index < -0.39 is 0 Å². The first-order chi connectivity index (χ1) is 8.27. The predicted molar refractivity (Wildman–Crippen MR) is 62.4 cm³/mol. The Labute approximate surface area is 98.1 Å². The minimum atomic E-state index is -0.211. The molecule has 0 aliphatic carbocycles. The molecule has 0 atom stereocenters. The van der Waals surface area contributed by atoms with Gasteiger partial charge in [-0.3, -0.25) is 4.79 Å². The molecule has 17 heavy (non-hydrogen) atoms. The van der Waals surface area contributed by atoms with Crippen LogP contribution in [-0.2, 0) is 17.8 Å². The monoisotopic (exact) mass is 232 g/mol. The van der Waals surface area contributed by atoms with E-state index in [0.717, 1.165) is 23.2 Å². The Kier molecular flexibility index (Phi) is 3.27. The maximum Gasteiger partial charge on any atom is 0.232 e. The number of hydrogen-bond acceptors (Lipinski definition) is 3. The summed E-state index contributed by atoms with van der Waals surface area (Å²) in [5.74, 6) is -0.211. The van der Waals surface area contributed by atoms with E-state index in [0.29, 0.717) is 6.54 Å². The topological polar surface area (TPSA) is 89.3 Å². The van der Waals surface area contributed by atoms with Gasteiger partial charge in [-0.1, -0.05) is 17.2 Å². The van der Waals surface area contributed by atoms with Crippen LogP contribution in [0.1, 0.15) is 11.1 Å². The van der Waals surface area contributed by atoms with Crippen molar-refractivity contribution >= 4 is 11.6 Å². The zero-order valence-electron chi connectivity index (χ0n) is 9.20. The number of fused-ring (bicyclic) bond motifs is 1. The van der Waals surface area contributed by atoms with Gasteiger partial charge in [0.2, 0.25) is 5.91 Å². The minimum absolute atomic E-state index is 0.0262. The molecular weight excluding hydrogens is 220 g/mol. The Bertz CT molecular complexity index is 494. The number of benzene rings is 1. The van der Waals surface area contributed by atoms with E-state index in [2.05, 4.69) is 10.0 Å². The molecule has 88 valence electrons. The third kappa shape index (κ3) is 2.08. The van der Waals surface area contributed by atoms with Crippen LogP contribution >= 0.6 is 0 Å². The summed E-state index contributed by atoms with van der Waals surface area (Å²) in [6.45, 7) is 0.382. The standard InChI is InChI=1S/C11H12N4O2/c12-14-13-6-11(17)15-5-4-9-8(7-16)2-1-3-10(9)15/h1-3,16H,4-7H2. The first kappa shape index (κ1) is 11.4. The lowest BCUT2D eigenvalue weighted by molar-refractivity contribution is -0.117. The number of amides is 1. The second-order valence-electron chi connectivity index (χ2n) is 3.76. The average molecular weight is 232 g/mol. The van der Waals surface area contributed by atoms with Crippen molar-refractivity contribution in [3.63, 3.8) is 0 Å². The minimum Gasteiger partial charge on any atom is -0.392 e. The molecule has 0 radical (unpaired) electrons. The van der Waals surface area contributed by atoms with Crippen molar-refractivity contribution < 1.29 is 9.90 Å². The van der Waals surface area contributed by atoms with Gasteiger partial charge in [-0.15, -0.1) is 0 Å². The summed E-state index contributed by atoms with van der Waals surface area (Å²) >= 11 is 0. The predicted octanol–water partition coefficient (Wildman–Crippen LogP) is 1.38. The number of aliphatic hydroxyl groups excluding tert-OH is 1. The van der Waals surface area contributed by atoms with E-state index in [4.69, 9.17) is 5.53 Å². The molecule has 6 heteroatoms. The third-order valence-electron chi connectivity index (χ3n) is 2.87. The SMILES string of the molecule is [N-]=[N+]=NCC(=O)N1CCc2c(CO)cccc21. The van der Waals surface area contributed by atoms with Crippen molar-refractivity contribution in [1.29, 1.82) is 0 Å². The molecule has 0 spiro atoms. The summed E-state index contributed by atoms with van der Waals surface area (Å²) < 4.78 is 0. The highest BCUT2D eigenvalue weighted by molar-refractivity contribution is 5.97. The highest BCUT2D eigenvalue weighted by Gasteiger charge is 2.25. The van der Waals surface area contributed by atoms with E-state index in [1.54, 1.807) is 4.90 Å². The summed E-state index contributed by atoms with van der Waals surface area (Å²) in [4.78, 5) is 15.9. The van der Waals surface area contributed by atoms with E-state index in [1.165, 1.54) is 0 Å². The Morgan fingerprint density at radius 3 is 3.12 bits per heavy atom. The number of nitrogens with zero attached hydrogens (tertiary/aromatic N) is 4. The second-order valence-corrected chi connectivity index (χ2v) is 3.76. The molecular formula is C11H12N4O2. The quantitative estimate of drug-likeness (QED) is 0.484. The maximum absolute atomic E-state index is 11.8. The first-order valence-corrected chi connectivity index (χ1v) is 5.30. The largest absolute Gasteiger partial charge is 0.392 e.